The van der Waals surface area contributed by atoms with E-state index in [1.165, 1.54) is 24.3 Å². The summed E-state index contributed by atoms with van der Waals surface area (Å²) in [6.45, 7) is 3.98. The number of carbonyl (C=O) groups is 1. The van der Waals surface area contributed by atoms with Gasteiger partial charge in [-0.25, -0.2) is 4.39 Å². The molecule has 0 spiro atoms. The van der Waals surface area contributed by atoms with E-state index in [0.717, 1.165) is 5.56 Å². The molecule has 0 bridgehead atoms. The van der Waals surface area contributed by atoms with Crippen molar-refractivity contribution in [3.05, 3.63) is 65.0 Å². The van der Waals surface area contributed by atoms with Crippen molar-refractivity contribution in [1.29, 1.82) is 0 Å². The highest BCUT2D eigenvalue weighted by molar-refractivity contribution is 6.10. The summed E-state index contributed by atoms with van der Waals surface area (Å²) in [6, 6.07) is 10.6. The summed E-state index contributed by atoms with van der Waals surface area (Å²) < 4.78 is 13.6. The Morgan fingerprint density at radius 3 is 2.42 bits per heavy atom. The Labute approximate surface area is 111 Å². The molecule has 0 heterocycles. The van der Waals surface area contributed by atoms with Crippen LogP contribution in [0.25, 0.3) is 0 Å². The number of hydrogen-bond donors (Lipinski definition) is 1. The van der Waals surface area contributed by atoms with Crippen LogP contribution in [-0.2, 0) is 0 Å². The van der Waals surface area contributed by atoms with Crippen LogP contribution in [-0.4, -0.2) is 10.9 Å². The number of phenolic OH excluding ortho intramolecular Hbond substituents is 1. The fraction of sp³-hybridized carbons (Fsp3) is 0.188. The van der Waals surface area contributed by atoms with Gasteiger partial charge < -0.3 is 5.11 Å². The van der Waals surface area contributed by atoms with E-state index in [-0.39, 0.29) is 22.8 Å². The average molecular weight is 258 g/mol. The highest BCUT2D eigenvalue weighted by atomic mass is 19.1. The van der Waals surface area contributed by atoms with Crippen LogP contribution in [0.15, 0.2) is 42.5 Å². The van der Waals surface area contributed by atoms with Crippen LogP contribution in [0.2, 0.25) is 0 Å². The number of halogens is 1. The number of rotatable bonds is 3. The van der Waals surface area contributed by atoms with Gasteiger partial charge in [-0.15, -0.1) is 0 Å². The summed E-state index contributed by atoms with van der Waals surface area (Å²) >= 11 is 0. The molecule has 2 aromatic rings. The molecule has 0 saturated carbocycles. The predicted molar refractivity (Wildman–Crippen MR) is 72.0 cm³/mol. The van der Waals surface area contributed by atoms with E-state index in [0.29, 0.717) is 0 Å². The van der Waals surface area contributed by atoms with Crippen molar-refractivity contribution in [1.82, 2.24) is 0 Å². The number of carbonyl (C=O) groups excluding carboxylic acids is 1. The van der Waals surface area contributed by atoms with Crippen molar-refractivity contribution in [3.63, 3.8) is 0 Å². The smallest absolute Gasteiger partial charge is 0.199 e. The number of hydrogen-bond acceptors (Lipinski definition) is 2. The van der Waals surface area contributed by atoms with Crippen molar-refractivity contribution in [2.24, 2.45) is 0 Å². The van der Waals surface area contributed by atoms with E-state index in [1.54, 1.807) is 18.2 Å². The van der Waals surface area contributed by atoms with Crippen LogP contribution in [0.1, 0.15) is 41.3 Å². The lowest BCUT2D eigenvalue weighted by Gasteiger charge is -2.10. The van der Waals surface area contributed by atoms with E-state index in [9.17, 15) is 14.3 Å². The normalized spacial score (nSPS) is 10.7. The van der Waals surface area contributed by atoms with Gasteiger partial charge in [-0.3, -0.25) is 4.79 Å². The third-order valence-corrected chi connectivity index (χ3v) is 3.05. The van der Waals surface area contributed by atoms with Gasteiger partial charge in [0.2, 0.25) is 0 Å². The molecule has 0 aliphatic heterocycles. The van der Waals surface area contributed by atoms with Crippen LogP contribution in [0.3, 0.4) is 0 Å². The van der Waals surface area contributed by atoms with Gasteiger partial charge in [-0.1, -0.05) is 32.0 Å². The molecule has 0 aliphatic rings. The lowest BCUT2D eigenvalue weighted by atomic mass is 9.96. The zero-order valence-corrected chi connectivity index (χ0v) is 10.9. The Morgan fingerprint density at radius 2 is 1.79 bits per heavy atom. The van der Waals surface area contributed by atoms with E-state index in [2.05, 4.69) is 0 Å². The maximum atomic E-state index is 13.6. The van der Waals surface area contributed by atoms with Crippen molar-refractivity contribution in [2.75, 3.05) is 0 Å². The Hall–Kier alpha value is -2.16. The van der Waals surface area contributed by atoms with Gasteiger partial charge in [0.15, 0.2) is 5.78 Å². The minimum absolute atomic E-state index is 0.0290. The van der Waals surface area contributed by atoms with Gasteiger partial charge >= 0.3 is 0 Å². The van der Waals surface area contributed by atoms with Crippen molar-refractivity contribution in [2.45, 2.75) is 19.8 Å². The first-order valence-corrected chi connectivity index (χ1v) is 6.13. The minimum Gasteiger partial charge on any atom is -0.507 e. The topological polar surface area (TPSA) is 37.3 Å². The molecule has 3 heteroatoms. The molecule has 0 amide bonds. The number of aromatic hydroxyl groups is 1. The molecular weight excluding hydrogens is 243 g/mol. The van der Waals surface area contributed by atoms with Crippen LogP contribution >= 0.6 is 0 Å². The number of phenols is 1. The molecule has 0 aromatic heterocycles. The zero-order valence-electron chi connectivity index (χ0n) is 10.9. The molecule has 0 fully saturated rings. The van der Waals surface area contributed by atoms with E-state index < -0.39 is 11.6 Å². The largest absolute Gasteiger partial charge is 0.507 e. The molecule has 1 N–H and O–H groups in total. The van der Waals surface area contributed by atoms with Gasteiger partial charge in [-0.05, 0) is 35.7 Å². The highest BCUT2D eigenvalue weighted by Gasteiger charge is 2.17. The third kappa shape index (κ3) is 2.65. The molecule has 0 unspecified atom stereocenters. The van der Waals surface area contributed by atoms with Crippen molar-refractivity contribution >= 4 is 5.78 Å². The summed E-state index contributed by atoms with van der Waals surface area (Å²) in [6.07, 6.45) is 0. The minimum atomic E-state index is -0.582. The number of benzene rings is 2. The molecule has 0 radical (unpaired) electrons. The maximum Gasteiger partial charge on any atom is 0.199 e. The Kier molecular flexibility index (Phi) is 3.65. The fourth-order valence-corrected chi connectivity index (χ4v) is 1.89. The Morgan fingerprint density at radius 1 is 1.11 bits per heavy atom. The maximum absolute atomic E-state index is 13.6. The van der Waals surface area contributed by atoms with Crippen LogP contribution < -0.4 is 0 Å². The molecular formula is C16H15FO2. The van der Waals surface area contributed by atoms with Gasteiger partial charge in [0.05, 0.1) is 11.1 Å². The van der Waals surface area contributed by atoms with Crippen LogP contribution in [0.5, 0.6) is 5.75 Å². The summed E-state index contributed by atoms with van der Waals surface area (Å²) in [5.41, 5.74) is 1.03. The quantitative estimate of drug-likeness (QED) is 0.848. The second-order valence-corrected chi connectivity index (χ2v) is 4.74. The fourth-order valence-electron chi connectivity index (χ4n) is 1.89. The lowest BCUT2D eigenvalue weighted by molar-refractivity contribution is 0.103. The molecule has 2 aromatic carbocycles. The summed E-state index contributed by atoms with van der Waals surface area (Å²) in [7, 11) is 0. The average Bonchev–Trinajstić information content (AvgIpc) is 2.38. The second-order valence-electron chi connectivity index (χ2n) is 4.74. The first-order valence-electron chi connectivity index (χ1n) is 6.13. The van der Waals surface area contributed by atoms with Crippen LogP contribution in [0.4, 0.5) is 4.39 Å². The molecule has 19 heavy (non-hydrogen) atoms. The Balaban J connectivity index is 2.50. The molecule has 0 saturated heterocycles. The van der Waals surface area contributed by atoms with E-state index in [1.807, 2.05) is 13.8 Å². The molecule has 98 valence electrons. The van der Waals surface area contributed by atoms with Gasteiger partial charge in [0.25, 0.3) is 0 Å². The van der Waals surface area contributed by atoms with Gasteiger partial charge in [-0.2, -0.15) is 0 Å². The second kappa shape index (κ2) is 5.22. The first kappa shape index (κ1) is 13.3. The standard InChI is InChI=1S/C16H15FO2/c1-10(2)11-7-8-15(18)13(9-11)16(19)12-5-3-4-6-14(12)17/h3-10,18H,1-2H3. The molecule has 0 aliphatic carbocycles. The summed E-state index contributed by atoms with van der Waals surface area (Å²) in [4.78, 5) is 12.3. The zero-order chi connectivity index (χ0) is 14.0. The van der Waals surface area contributed by atoms with E-state index in [4.69, 9.17) is 0 Å². The first-order chi connectivity index (χ1) is 9.00. The van der Waals surface area contributed by atoms with Crippen molar-refractivity contribution < 1.29 is 14.3 Å². The van der Waals surface area contributed by atoms with Crippen LogP contribution in [0, 0.1) is 5.82 Å². The molecule has 2 nitrogen and oxygen atoms in total. The van der Waals surface area contributed by atoms with Gasteiger partial charge in [0.1, 0.15) is 11.6 Å². The monoisotopic (exact) mass is 258 g/mol. The molecule has 0 atom stereocenters. The Bertz CT molecular complexity index is 618. The lowest BCUT2D eigenvalue weighted by Crippen LogP contribution is -2.05. The predicted octanol–water partition coefficient (Wildman–Crippen LogP) is 3.89. The van der Waals surface area contributed by atoms with Crippen molar-refractivity contribution in [3.8, 4) is 5.75 Å². The summed E-state index contributed by atoms with van der Waals surface area (Å²) in [5, 5.41) is 9.80. The third-order valence-electron chi connectivity index (χ3n) is 3.05. The molecule has 2 rings (SSSR count). The van der Waals surface area contributed by atoms with E-state index >= 15 is 0 Å². The highest BCUT2D eigenvalue weighted by Crippen LogP contribution is 2.26. The SMILES string of the molecule is CC(C)c1ccc(O)c(C(=O)c2ccccc2F)c1. The summed E-state index contributed by atoms with van der Waals surface area (Å²) in [5.74, 6) is -0.981. The van der Waals surface area contributed by atoms with Gasteiger partial charge in [0, 0.05) is 0 Å². The number of ketones is 1.